The molecule has 4 rings (SSSR count). The lowest BCUT2D eigenvalue weighted by Crippen LogP contribution is -2.34. The average Bonchev–Trinajstić information content (AvgIpc) is 3.43. The van der Waals surface area contributed by atoms with Gasteiger partial charge in [0.15, 0.2) is 5.75 Å². The number of nitrogens with one attached hydrogen (secondary N) is 3. The Bertz CT molecular complexity index is 1490. The first-order chi connectivity index (χ1) is 17.8. The molecule has 1 amide bonds. The fraction of sp³-hybridized carbons (Fsp3) is 0.222. The van der Waals surface area contributed by atoms with Gasteiger partial charge in [-0.1, -0.05) is 49.4 Å². The monoisotopic (exact) mass is 519 g/mol. The number of anilines is 3. The summed E-state index contributed by atoms with van der Waals surface area (Å²) in [4.78, 5) is 41.9. The Morgan fingerprint density at radius 3 is 2.46 bits per heavy atom. The Hall–Kier alpha value is -4.31. The van der Waals surface area contributed by atoms with Gasteiger partial charge in [0.1, 0.15) is 11.4 Å². The van der Waals surface area contributed by atoms with E-state index in [4.69, 9.17) is 0 Å². The summed E-state index contributed by atoms with van der Waals surface area (Å²) in [6.45, 7) is 2.13. The number of phenolic OH excluding ortho intramolecular Hbond substituents is 1. The van der Waals surface area contributed by atoms with E-state index in [0.717, 1.165) is 10.4 Å². The Morgan fingerprint density at radius 2 is 1.81 bits per heavy atom. The Morgan fingerprint density at radius 1 is 1.05 bits per heavy atom. The molecule has 9 nitrogen and oxygen atoms in total. The first-order valence-electron chi connectivity index (χ1n) is 11.8. The number of hydrogen-bond donors (Lipinski definition) is 4. The minimum Gasteiger partial charge on any atom is -0.505 e. The maximum atomic E-state index is 13.7. The number of para-hydroxylation sites is 1. The van der Waals surface area contributed by atoms with E-state index in [1.807, 2.05) is 54.8 Å². The number of nitrogens with zero attached hydrogens (tertiary/aromatic N) is 2. The zero-order chi connectivity index (χ0) is 26.5. The van der Waals surface area contributed by atoms with Crippen molar-refractivity contribution in [2.45, 2.75) is 25.9 Å². The van der Waals surface area contributed by atoms with Gasteiger partial charge in [-0.15, -0.1) is 11.3 Å². The van der Waals surface area contributed by atoms with Crippen molar-refractivity contribution >= 4 is 34.3 Å². The van der Waals surface area contributed by atoms with Crippen LogP contribution in [0.3, 0.4) is 0 Å². The first-order valence-corrected chi connectivity index (χ1v) is 12.7. The summed E-state index contributed by atoms with van der Waals surface area (Å²) < 4.78 is 1.23. The van der Waals surface area contributed by atoms with Crippen molar-refractivity contribution in [1.82, 2.24) is 14.7 Å². The van der Waals surface area contributed by atoms with Crippen LogP contribution in [0.5, 0.6) is 5.75 Å². The van der Waals surface area contributed by atoms with Crippen molar-refractivity contribution in [3.8, 4) is 5.75 Å². The molecule has 0 bridgehead atoms. The molecule has 0 aliphatic rings. The topological polar surface area (TPSA) is 119 Å². The van der Waals surface area contributed by atoms with E-state index >= 15 is 0 Å². The number of thiophene rings is 1. The number of benzene rings is 2. The second-order valence-corrected chi connectivity index (χ2v) is 9.69. The van der Waals surface area contributed by atoms with Crippen LogP contribution < -0.4 is 21.8 Å². The number of carbonyl (C=O) groups is 1. The maximum Gasteiger partial charge on any atom is 0.291 e. The molecule has 37 heavy (non-hydrogen) atoms. The number of hydrogen-bond acceptors (Lipinski definition) is 7. The first kappa shape index (κ1) is 25.8. The lowest BCUT2D eigenvalue weighted by atomic mass is 10.1. The third-order valence-corrected chi connectivity index (χ3v) is 6.89. The summed E-state index contributed by atoms with van der Waals surface area (Å²) in [5.74, 6) is -0.706. The van der Waals surface area contributed by atoms with Crippen molar-refractivity contribution in [1.29, 1.82) is 0 Å². The van der Waals surface area contributed by atoms with Gasteiger partial charge in [0.2, 0.25) is 0 Å². The smallest absolute Gasteiger partial charge is 0.291 e. The molecule has 0 aliphatic heterocycles. The third-order valence-electron chi connectivity index (χ3n) is 5.90. The average molecular weight is 520 g/mol. The zero-order valence-electron chi connectivity index (χ0n) is 20.8. The molecule has 2 aromatic carbocycles. The quantitative estimate of drug-likeness (QED) is 0.244. The van der Waals surface area contributed by atoms with E-state index in [1.54, 1.807) is 37.6 Å². The van der Waals surface area contributed by atoms with Gasteiger partial charge in [0.25, 0.3) is 17.0 Å². The van der Waals surface area contributed by atoms with Gasteiger partial charge in [0, 0.05) is 19.0 Å². The molecule has 0 fully saturated rings. The standard InChI is InChI=1S/C27H29N5O4S/c1-4-19(21-14-9-15-37-21)28-22-23(29-20-13-8-12-18(24(20)33)26(35)31(2)3)27(36)32(30-25(22)34)16-17-10-6-5-7-11-17/h5-15,19,28-29,33H,4,16H2,1-3H3,(H,30,34)/t19-/m1/s1. The van der Waals surface area contributed by atoms with Crippen molar-refractivity contribution in [3.05, 3.63) is 103 Å². The maximum absolute atomic E-state index is 13.7. The normalized spacial score (nSPS) is 11.6. The van der Waals surface area contributed by atoms with E-state index in [1.165, 1.54) is 15.6 Å². The van der Waals surface area contributed by atoms with Crippen molar-refractivity contribution < 1.29 is 9.90 Å². The number of rotatable bonds is 9. The fourth-order valence-electron chi connectivity index (χ4n) is 3.95. The van der Waals surface area contributed by atoms with Gasteiger partial charge in [-0.2, -0.15) is 0 Å². The number of aromatic nitrogens is 2. The summed E-state index contributed by atoms with van der Waals surface area (Å²) in [5, 5.41) is 21.7. The molecule has 4 aromatic rings. The molecule has 2 aromatic heterocycles. The second-order valence-electron chi connectivity index (χ2n) is 8.71. The SMILES string of the molecule is CC[C@@H](Nc1c(Nc2cccc(C(=O)N(C)C)c2O)c(=O)n(Cc2ccccc2)[nH]c1=O)c1cccs1. The molecule has 0 spiro atoms. The van der Waals surface area contributed by atoms with Gasteiger partial charge in [0.05, 0.1) is 23.8 Å². The van der Waals surface area contributed by atoms with E-state index in [0.29, 0.717) is 6.42 Å². The molecular weight excluding hydrogens is 490 g/mol. The van der Waals surface area contributed by atoms with E-state index < -0.39 is 17.0 Å². The number of carbonyl (C=O) groups excluding carboxylic acids is 1. The van der Waals surface area contributed by atoms with E-state index in [9.17, 15) is 19.5 Å². The summed E-state index contributed by atoms with van der Waals surface area (Å²) >= 11 is 1.55. The highest BCUT2D eigenvalue weighted by atomic mass is 32.1. The Kier molecular flexibility index (Phi) is 7.78. The number of phenols is 1. The lowest BCUT2D eigenvalue weighted by Gasteiger charge is -2.21. The van der Waals surface area contributed by atoms with Crippen LogP contribution >= 0.6 is 11.3 Å². The zero-order valence-corrected chi connectivity index (χ0v) is 21.6. The molecule has 0 saturated heterocycles. The van der Waals surface area contributed by atoms with Crippen LogP contribution in [0.1, 0.15) is 40.2 Å². The highest BCUT2D eigenvalue weighted by Crippen LogP contribution is 2.33. The van der Waals surface area contributed by atoms with Crippen LogP contribution in [-0.4, -0.2) is 39.8 Å². The van der Waals surface area contributed by atoms with E-state index in [2.05, 4.69) is 15.7 Å². The third kappa shape index (κ3) is 5.59. The molecule has 0 radical (unpaired) electrons. The van der Waals surface area contributed by atoms with Crippen LogP contribution in [0.15, 0.2) is 75.6 Å². The molecule has 4 N–H and O–H groups in total. The van der Waals surface area contributed by atoms with Crippen molar-refractivity contribution in [2.24, 2.45) is 0 Å². The van der Waals surface area contributed by atoms with Gasteiger partial charge in [-0.05, 0) is 35.6 Å². The molecule has 1 atom stereocenters. The van der Waals surface area contributed by atoms with Gasteiger partial charge in [-0.25, -0.2) is 4.68 Å². The molecule has 10 heteroatoms. The fourth-order valence-corrected chi connectivity index (χ4v) is 4.81. The van der Waals surface area contributed by atoms with Gasteiger partial charge >= 0.3 is 0 Å². The van der Waals surface area contributed by atoms with Crippen LogP contribution in [0, 0.1) is 0 Å². The van der Waals surface area contributed by atoms with E-state index in [-0.39, 0.29) is 41.0 Å². The van der Waals surface area contributed by atoms with Crippen molar-refractivity contribution in [3.63, 3.8) is 0 Å². The van der Waals surface area contributed by atoms with Crippen LogP contribution in [-0.2, 0) is 6.54 Å². The highest BCUT2D eigenvalue weighted by Gasteiger charge is 2.22. The molecular formula is C27H29N5O4S. The minimum absolute atomic E-state index is 0.0283. The molecule has 0 unspecified atom stereocenters. The largest absolute Gasteiger partial charge is 0.505 e. The summed E-state index contributed by atoms with van der Waals surface area (Å²) in [5.41, 5.74) is 0.0812. The molecule has 0 saturated carbocycles. The van der Waals surface area contributed by atoms with Crippen LogP contribution in [0.4, 0.5) is 17.1 Å². The summed E-state index contributed by atoms with van der Waals surface area (Å²) in [6, 6.07) is 17.6. The molecule has 2 heterocycles. The Balaban J connectivity index is 1.83. The molecule has 192 valence electrons. The summed E-state index contributed by atoms with van der Waals surface area (Å²) in [6.07, 6.45) is 0.671. The Labute approximate surface area is 218 Å². The lowest BCUT2D eigenvalue weighted by molar-refractivity contribution is 0.0824. The van der Waals surface area contributed by atoms with Crippen molar-refractivity contribution in [2.75, 3.05) is 24.7 Å². The predicted octanol–water partition coefficient (Wildman–Crippen LogP) is 4.36. The second kappa shape index (κ2) is 11.2. The number of aromatic amines is 1. The predicted molar refractivity (Wildman–Crippen MR) is 147 cm³/mol. The van der Waals surface area contributed by atoms with Gasteiger partial charge in [-0.3, -0.25) is 19.5 Å². The van der Waals surface area contributed by atoms with Crippen LogP contribution in [0.2, 0.25) is 0 Å². The molecule has 0 aliphatic carbocycles. The summed E-state index contributed by atoms with van der Waals surface area (Å²) in [7, 11) is 3.16. The minimum atomic E-state index is -0.493. The number of amides is 1. The van der Waals surface area contributed by atoms with Crippen LogP contribution in [0.25, 0.3) is 0 Å². The highest BCUT2D eigenvalue weighted by molar-refractivity contribution is 7.10. The number of H-pyrrole nitrogens is 1. The van der Waals surface area contributed by atoms with Gasteiger partial charge < -0.3 is 20.6 Å². The number of aromatic hydroxyl groups is 1.